The average Bonchev–Trinajstić information content (AvgIpc) is 2.32. The summed E-state index contributed by atoms with van der Waals surface area (Å²) in [5, 5.41) is 19.5. The molecular weight excluding hydrogens is 248 g/mol. The highest BCUT2D eigenvalue weighted by Crippen LogP contribution is 2.31. The molecule has 0 spiro atoms. The lowest BCUT2D eigenvalue weighted by molar-refractivity contribution is 0.455. The highest BCUT2D eigenvalue weighted by Gasteiger charge is 2.18. The number of rotatable bonds is 2. The van der Waals surface area contributed by atoms with Crippen molar-refractivity contribution >= 4 is 0 Å². The van der Waals surface area contributed by atoms with Gasteiger partial charge in [-0.25, -0.2) is 0 Å². The van der Waals surface area contributed by atoms with Crippen LogP contribution in [-0.2, 0) is 11.8 Å². The Kier molecular flexibility index (Phi) is 3.76. The minimum absolute atomic E-state index is 0.0511. The second kappa shape index (κ2) is 5.20. The molecule has 0 amide bonds. The number of phenolic OH excluding ortho intramolecular Hbond substituents is 2. The maximum Gasteiger partial charge on any atom is 0.119 e. The van der Waals surface area contributed by atoms with Gasteiger partial charge in [-0.1, -0.05) is 44.5 Å². The van der Waals surface area contributed by atoms with Crippen LogP contribution in [0.25, 0.3) is 0 Å². The standard InChI is InChI=1S/C18H22O2/c1-12-5-7-16(18(2,3)4)13(9-12)10-14-11-15(19)6-8-17(14)20/h5-9,11,19-20H,10H2,1-4H3. The van der Waals surface area contributed by atoms with E-state index in [1.54, 1.807) is 6.07 Å². The zero-order valence-corrected chi connectivity index (χ0v) is 12.6. The van der Waals surface area contributed by atoms with Crippen molar-refractivity contribution in [2.45, 2.75) is 39.5 Å². The van der Waals surface area contributed by atoms with E-state index in [9.17, 15) is 10.2 Å². The van der Waals surface area contributed by atoms with Gasteiger partial charge < -0.3 is 10.2 Å². The second-order valence-electron chi connectivity index (χ2n) is 6.40. The molecule has 2 heteroatoms. The normalized spacial score (nSPS) is 11.6. The Balaban J connectivity index is 2.47. The van der Waals surface area contributed by atoms with Crippen molar-refractivity contribution in [2.75, 3.05) is 0 Å². The molecule has 0 saturated carbocycles. The fraction of sp³-hybridized carbons (Fsp3) is 0.333. The summed E-state index contributed by atoms with van der Waals surface area (Å²) in [4.78, 5) is 0. The van der Waals surface area contributed by atoms with E-state index in [0.29, 0.717) is 6.42 Å². The molecule has 0 unspecified atom stereocenters. The highest BCUT2D eigenvalue weighted by molar-refractivity contribution is 5.45. The maximum atomic E-state index is 9.95. The molecule has 2 aromatic carbocycles. The summed E-state index contributed by atoms with van der Waals surface area (Å²) >= 11 is 0. The van der Waals surface area contributed by atoms with Crippen LogP contribution in [0, 0.1) is 6.92 Å². The summed E-state index contributed by atoms with van der Waals surface area (Å²) in [7, 11) is 0. The Bertz CT molecular complexity index is 622. The maximum absolute atomic E-state index is 9.95. The molecule has 0 fully saturated rings. The third-order valence-electron chi connectivity index (χ3n) is 3.51. The van der Waals surface area contributed by atoms with Gasteiger partial charge in [0.05, 0.1) is 0 Å². The third kappa shape index (κ3) is 3.13. The zero-order chi connectivity index (χ0) is 14.9. The Morgan fingerprint density at radius 3 is 2.25 bits per heavy atom. The Hall–Kier alpha value is -1.96. The summed E-state index contributed by atoms with van der Waals surface area (Å²) in [5.41, 5.74) is 4.47. The fourth-order valence-electron chi connectivity index (χ4n) is 2.52. The van der Waals surface area contributed by atoms with Gasteiger partial charge in [0.2, 0.25) is 0 Å². The van der Waals surface area contributed by atoms with E-state index >= 15 is 0 Å². The van der Waals surface area contributed by atoms with Gasteiger partial charge in [0, 0.05) is 12.0 Å². The highest BCUT2D eigenvalue weighted by atomic mass is 16.3. The lowest BCUT2D eigenvalue weighted by Crippen LogP contribution is -2.14. The Morgan fingerprint density at radius 2 is 1.60 bits per heavy atom. The largest absolute Gasteiger partial charge is 0.508 e. The van der Waals surface area contributed by atoms with Crippen molar-refractivity contribution in [3.05, 3.63) is 58.7 Å². The Morgan fingerprint density at radius 1 is 0.900 bits per heavy atom. The van der Waals surface area contributed by atoms with Crippen LogP contribution in [0.5, 0.6) is 11.5 Å². The minimum Gasteiger partial charge on any atom is -0.508 e. The van der Waals surface area contributed by atoms with Crippen molar-refractivity contribution in [1.29, 1.82) is 0 Å². The molecule has 0 atom stereocenters. The van der Waals surface area contributed by atoms with E-state index in [4.69, 9.17) is 0 Å². The monoisotopic (exact) mass is 270 g/mol. The number of aryl methyl sites for hydroxylation is 1. The molecule has 0 aliphatic carbocycles. The first-order valence-electron chi connectivity index (χ1n) is 6.88. The molecule has 0 aromatic heterocycles. The summed E-state index contributed by atoms with van der Waals surface area (Å²) in [6.07, 6.45) is 0.620. The number of hydrogen-bond acceptors (Lipinski definition) is 2. The fourth-order valence-corrected chi connectivity index (χ4v) is 2.52. The number of benzene rings is 2. The number of phenols is 2. The van der Waals surface area contributed by atoms with Crippen LogP contribution in [0.4, 0.5) is 0 Å². The van der Waals surface area contributed by atoms with E-state index in [2.05, 4.69) is 45.9 Å². The molecule has 0 radical (unpaired) electrons. The Labute approximate surface area is 120 Å². The molecule has 2 nitrogen and oxygen atoms in total. The molecule has 2 N–H and O–H groups in total. The van der Waals surface area contributed by atoms with E-state index < -0.39 is 0 Å². The first-order chi connectivity index (χ1) is 9.27. The molecule has 20 heavy (non-hydrogen) atoms. The van der Waals surface area contributed by atoms with Crippen molar-refractivity contribution in [2.24, 2.45) is 0 Å². The quantitative estimate of drug-likeness (QED) is 0.799. The van der Waals surface area contributed by atoms with Gasteiger partial charge in [-0.2, -0.15) is 0 Å². The van der Waals surface area contributed by atoms with Crippen LogP contribution in [0.15, 0.2) is 36.4 Å². The molecule has 0 aliphatic rings. The summed E-state index contributed by atoms with van der Waals surface area (Å²) in [6.45, 7) is 8.62. The summed E-state index contributed by atoms with van der Waals surface area (Å²) < 4.78 is 0. The van der Waals surface area contributed by atoms with Crippen molar-refractivity contribution in [1.82, 2.24) is 0 Å². The van der Waals surface area contributed by atoms with Gasteiger partial charge >= 0.3 is 0 Å². The van der Waals surface area contributed by atoms with Crippen molar-refractivity contribution < 1.29 is 10.2 Å². The topological polar surface area (TPSA) is 40.5 Å². The average molecular weight is 270 g/mol. The predicted octanol–water partition coefficient (Wildman–Crippen LogP) is 4.29. The third-order valence-corrected chi connectivity index (χ3v) is 3.51. The van der Waals surface area contributed by atoms with Gasteiger partial charge in [-0.3, -0.25) is 0 Å². The molecule has 0 heterocycles. The van der Waals surface area contributed by atoms with Crippen LogP contribution in [0.2, 0.25) is 0 Å². The van der Waals surface area contributed by atoms with E-state index in [1.807, 2.05) is 0 Å². The van der Waals surface area contributed by atoms with Crippen LogP contribution < -0.4 is 0 Å². The number of aromatic hydroxyl groups is 2. The molecule has 106 valence electrons. The summed E-state index contributed by atoms with van der Waals surface area (Å²) in [5.74, 6) is 0.409. The van der Waals surface area contributed by atoms with Crippen molar-refractivity contribution in [3.63, 3.8) is 0 Å². The van der Waals surface area contributed by atoms with Crippen LogP contribution in [0.3, 0.4) is 0 Å². The molecule has 0 saturated heterocycles. The van der Waals surface area contributed by atoms with Crippen molar-refractivity contribution in [3.8, 4) is 11.5 Å². The predicted molar refractivity (Wildman–Crippen MR) is 82.5 cm³/mol. The first-order valence-corrected chi connectivity index (χ1v) is 6.88. The van der Waals surface area contributed by atoms with Gasteiger partial charge in [0.1, 0.15) is 11.5 Å². The van der Waals surface area contributed by atoms with E-state index in [0.717, 1.165) is 5.56 Å². The van der Waals surface area contributed by atoms with E-state index in [-0.39, 0.29) is 16.9 Å². The molecule has 0 bridgehead atoms. The SMILES string of the molecule is Cc1ccc(C(C)(C)C)c(Cc2cc(O)ccc2O)c1. The van der Waals surface area contributed by atoms with Crippen LogP contribution >= 0.6 is 0 Å². The smallest absolute Gasteiger partial charge is 0.119 e. The van der Waals surface area contributed by atoms with Gasteiger partial charge in [-0.15, -0.1) is 0 Å². The molecular formula is C18H22O2. The van der Waals surface area contributed by atoms with E-state index in [1.165, 1.54) is 28.8 Å². The first kappa shape index (κ1) is 14.4. The van der Waals surface area contributed by atoms with Crippen LogP contribution in [-0.4, -0.2) is 10.2 Å². The summed E-state index contributed by atoms with van der Waals surface area (Å²) in [6, 6.07) is 11.1. The van der Waals surface area contributed by atoms with Gasteiger partial charge in [-0.05, 0) is 41.7 Å². The lowest BCUT2D eigenvalue weighted by Gasteiger charge is -2.23. The molecule has 2 aromatic rings. The molecule has 2 rings (SSSR count). The zero-order valence-electron chi connectivity index (χ0n) is 12.6. The van der Waals surface area contributed by atoms with Gasteiger partial charge in [0.15, 0.2) is 0 Å². The lowest BCUT2D eigenvalue weighted by atomic mass is 9.81. The molecule has 0 aliphatic heterocycles. The second-order valence-corrected chi connectivity index (χ2v) is 6.40. The van der Waals surface area contributed by atoms with Gasteiger partial charge in [0.25, 0.3) is 0 Å². The van der Waals surface area contributed by atoms with Crippen LogP contribution in [0.1, 0.15) is 43.0 Å². The number of hydrogen-bond donors (Lipinski definition) is 2. The minimum atomic E-state index is 0.0511.